The maximum atomic E-state index is 14.2. The van der Waals surface area contributed by atoms with Crippen LogP contribution in [0.25, 0.3) is 0 Å². The van der Waals surface area contributed by atoms with Crippen molar-refractivity contribution in [3.05, 3.63) is 53.5 Å². The maximum absolute atomic E-state index is 14.2. The van der Waals surface area contributed by atoms with Crippen LogP contribution in [-0.4, -0.2) is 35.3 Å². The molecule has 2 fully saturated rings. The van der Waals surface area contributed by atoms with E-state index in [0.717, 1.165) is 43.6 Å². The van der Waals surface area contributed by atoms with Crippen molar-refractivity contribution < 1.29 is 19.0 Å². The molecule has 26 heavy (non-hydrogen) atoms. The summed E-state index contributed by atoms with van der Waals surface area (Å²) >= 11 is 0. The Bertz CT molecular complexity index is 808. The molecular formula is C20H21FN2O3. The number of rotatable bonds is 5. The van der Waals surface area contributed by atoms with E-state index in [-0.39, 0.29) is 17.6 Å². The van der Waals surface area contributed by atoms with Crippen molar-refractivity contribution in [2.24, 2.45) is 0 Å². The van der Waals surface area contributed by atoms with Crippen LogP contribution in [-0.2, 0) is 0 Å². The number of carboxylic acids is 1. The molecule has 2 heterocycles. The summed E-state index contributed by atoms with van der Waals surface area (Å²) in [4.78, 5) is 17.8. The summed E-state index contributed by atoms with van der Waals surface area (Å²) in [5.74, 6) is -0.304. The van der Waals surface area contributed by atoms with Crippen LogP contribution in [0.1, 0.15) is 47.5 Å². The number of hydrogen-bond acceptors (Lipinski definition) is 4. The van der Waals surface area contributed by atoms with Crippen LogP contribution in [0.5, 0.6) is 5.75 Å². The SMILES string of the molecule is O=C(O)c1cc(C2CC2)c(OC2CCCN(c3ccccn3)C2)cc1F. The van der Waals surface area contributed by atoms with Crippen LogP contribution in [0.4, 0.5) is 10.2 Å². The van der Waals surface area contributed by atoms with Gasteiger partial charge in [-0.05, 0) is 55.4 Å². The number of pyridine rings is 1. The molecule has 1 saturated heterocycles. The lowest BCUT2D eigenvalue weighted by Crippen LogP contribution is -2.41. The van der Waals surface area contributed by atoms with Crippen molar-refractivity contribution in [2.75, 3.05) is 18.0 Å². The first-order valence-corrected chi connectivity index (χ1v) is 9.01. The smallest absolute Gasteiger partial charge is 0.338 e. The van der Waals surface area contributed by atoms with Gasteiger partial charge in [-0.1, -0.05) is 6.07 Å². The van der Waals surface area contributed by atoms with Crippen molar-refractivity contribution >= 4 is 11.8 Å². The van der Waals surface area contributed by atoms with Crippen LogP contribution in [0.3, 0.4) is 0 Å². The number of benzene rings is 1. The quantitative estimate of drug-likeness (QED) is 0.882. The molecule has 1 aliphatic carbocycles. The molecule has 1 aromatic carbocycles. The third-order valence-corrected chi connectivity index (χ3v) is 4.99. The molecule has 1 aliphatic heterocycles. The second-order valence-electron chi connectivity index (χ2n) is 6.97. The van der Waals surface area contributed by atoms with Gasteiger partial charge >= 0.3 is 5.97 Å². The number of carboxylic acid groups (broad SMARTS) is 1. The van der Waals surface area contributed by atoms with Crippen LogP contribution < -0.4 is 9.64 Å². The molecule has 1 N–H and O–H groups in total. The van der Waals surface area contributed by atoms with E-state index in [4.69, 9.17) is 4.74 Å². The average molecular weight is 356 g/mol. The van der Waals surface area contributed by atoms with Crippen molar-refractivity contribution in [3.63, 3.8) is 0 Å². The Kier molecular flexibility index (Phi) is 4.49. The maximum Gasteiger partial charge on any atom is 0.338 e. The van der Waals surface area contributed by atoms with Gasteiger partial charge in [0.2, 0.25) is 0 Å². The number of aromatic nitrogens is 1. The van der Waals surface area contributed by atoms with Crippen molar-refractivity contribution in [1.29, 1.82) is 0 Å². The van der Waals surface area contributed by atoms with Crippen LogP contribution >= 0.6 is 0 Å². The highest BCUT2D eigenvalue weighted by Gasteiger charge is 2.31. The molecule has 5 nitrogen and oxygen atoms in total. The molecule has 2 aliphatic rings. The van der Waals surface area contributed by atoms with Crippen LogP contribution in [0.15, 0.2) is 36.5 Å². The number of ether oxygens (including phenoxy) is 1. The van der Waals surface area contributed by atoms with Gasteiger partial charge in [-0.15, -0.1) is 0 Å². The number of hydrogen-bond donors (Lipinski definition) is 1. The van der Waals surface area contributed by atoms with Crippen molar-refractivity contribution in [3.8, 4) is 5.75 Å². The summed E-state index contributed by atoms with van der Waals surface area (Å²) in [6.07, 6.45) is 5.53. The van der Waals surface area contributed by atoms with Gasteiger partial charge in [-0.2, -0.15) is 0 Å². The van der Waals surface area contributed by atoms with Gasteiger partial charge in [0.25, 0.3) is 0 Å². The highest BCUT2D eigenvalue weighted by molar-refractivity contribution is 5.88. The number of anilines is 1. The van der Waals surface area contributed by atoms with E-state index in [2.05, 4.69) is 9.88 Å². The van der Waals surface area contributed by atoms with Gasteiger partial charge in [0.05, 0.1) is 12.1 Å². The Morgan fingerprint density at radius 3 is 2.81 bits per heavy atom. The lowest BCUT2D eigenvalue weighted by atomic mass is 10.0. The Balaban J connectivity index is 1.55. The molecule has 0 amide bonds. The monoisotopic (exact) mass is 356 g/mol. The summed E-state index contributed by atoms with van der Waals surface area (Å²) < 4.78 is 20.3. The van der Waals surface area contributed by atoms with Gasteiger partial charge in [-0.25, -0.2) is 14.2 Å². The Hall–Kier alpha value is -2.63. The third kappa shape index (κ3) is 3.49. The van der Waals surface area contributed by atoms with Gasteiger partial charge in [0, 0.05) is 18.8 Å². The van der Waals surface area contributed by atoms with E-state index >= 15 is 0 Å². The minimum Gasteiger partial charge on any atom is -0.488 e. The zero-order valence-corrected chi connectivity index (χ0v) is 14.4. The predicted octanol–water partition coefficient (Wildman–Crippen LogP) is 3.84. The first kappa shape index (κ1) is 16.8. The Morgan fingerprint density at radius 2 is 2.12 bits per heavy atom. The molecule has 1 saturated carbocycles. The molecule has 4 rings (SSSR count). The van der Waals surface area contributed by atoms with E-state index in [0.29, 0.717) is 12.3 Å². The van der Waals surface area contributed by atoms with Gasteiger partial charge in [0.15, 0.2) is 0 Å². The third-order valence-electron chi connectivity index (χ3n) is 4.99. The highest BCUT2D eigenvalue weighted by Crippen LogP contribution is 2.45. The van der Waals surface area contributed by atoms with E-state index in [1.807, 2.05) is 18.2 Å². The fourth-order valence-corrected chi connectivity index (χ4v) is 3.51. The molecule has 0 spiro atoms. The molecule has 0 radical (unpaired) electrons. The highest BCUT2D eigenvalue weighted by atomic mass is 19.1. The Morgan fingerprint density at radius 1 is 1.27 bits per heavy atom. The fraction of sp³-hybridized carbons (Fsp3) is 0.400. The minimum absolute atomic E-state index is 0.0710. The second kappa shape index (κ2) is 6.94. The second-order valence-corrected chi connectivity index (χ2v) is 6.97. The first-order chi connectivity index (χ1) is 12.6. The summed E-state index contributed by atoms with van der Waals surface area (Å²) in [5, 5.41) is 9.17. The standard InChI is InChI=1S/C20H21FN2O3/c21-17-11-18(15(13-6-7-13)10-16(17)20(24)25)26-14-4-3-9-23(12-14)19-5-1-2-8-22-19/h1-2,5,8,10-11,13-14H,3-4,6-7,9,12H2,(H,24,25). The number of nitrogens with zero attached hydrogens (tertiary/aromatic N) is 2. The van der Waals surface area contributed by atoms with Gasteiger partial charge in [0.1, 0.15) is 23.5 Å². The van der Waals surface area contributed by atoms with Crippen molar-refractivity contribution in [2.45, 2.75) is 37.7 Å². The molecule has 1 atom stereocenters. The Labute approximate surface area is 151 Å². The molecular weight excluding hydrogens is 335 g/mol. The van der Waals surface area contributed by atoms with E-state index in [1.54, 1.807) is 6.20 Å². The van der Waals surface area contributed by atoms with E-state index in [1.165, 1.54) is 12.1 Å². The number of halogens is 1. The van der Waals surface area contributed by atoms with E-state index in [9.17, 15) is 14.3 Å². The molecule has 0 bridgehead atoms. The fourth-order valence-electron chi connectivity index (χ4n) is 3.51. The normalized spacial score (nSPS) is 20.0. The number of aromatic carboxylic acids is 1. The largest absolute Gasteiger partial charge is 0.488 e. The topological polar surface area (TPSA) is 62.7 Å². The van der Waals surface area contributed by atoms with Gasteiger partial charge < -0.3 is 14.7 Å². The zero-order valence-electron chi connectivity index (χ0n) is 14.4. The molecule has 1 aromatic heterocycles. The zero-order chi connectivity index (χ0) is 18.1. The van der Waals surface area contributed by atoms with Crippen LogP contribution in [0.2, 0.25) is 0 Å². The van der Waals surface area contributed by atoms with E-state index < -0.39 is 11.8 Å². The van der Waals surface area contributed by atoms with Crippen molar-refractivity contribution in [1.82, 2.24) is 4.98 Å². The summed E-state index contributed by atoms with van der Waals surface area (Å²) in [7, 11) is 0. The minimum atomic E-state index is -1.24. The first-order valence-electron chi connectivity index (χ1n) is 9.01. The number of piperidine rings is 1. The summed E-state index contributed by atoms with van der Waals surface area (Å²) in [6, 6.07) is 8.51. The molecule has 6 heteroatoms. The molecule has 1 unspecified atom stereocenters. The lowest BCUT2D eigenvalue weighted by molar-refractivity contribution is 0.0691. The number of carbonyl (C=O) groups is 1. The molecule has 2 aromatic rings. The van der Waals surface area contributed by atoms with Gasteiger partial charge in [-0.3, -0.25) is 0 Å². The average Bonchev–Trinajstić information content (AvgIpc) is 3.48. The summed E-state index contributed by atoms with van der Waals surface area (Å²) in [6.45, 7) is 1.60. The lowest BCUT2D eigenvalue weighted by Gasteiger charge is -2.34. The van der Waals surface area contributed by atoms with Crippen LogP contribution in [0, 0.1) is 5.82 Å². The predicted molar refractivity (Wildman–Crippen MR) is 95.4 cm³/mol. The molecule has 136 valence electrons. The summed E-state index contributed by atoms with van der Waals surface area (Å²) in [5.41, 5.74) is 0.539.